The van der Waals surface area contributed by atoms with Crippen molar-refractivity contribution in [1.29, 1.82) is 0 Å². The predicted molar refractivity (Wildman–Crippen MR) is 78.3 cm³/mol. The van der Waals surface area contributed by atoms with E-state index in [1.807, 2.05) is 19.1 Å². The summed E-state index contributed by atoms with van der Waals surface area (Å²) in [6, 6.07) is 7.86. The smallest absolute Gasteiger partial charge is 0.160 e. The zero-order chi connectivity index (χ0) is 14.8. The van der Waals surface area contributed by atoms with E-state index in [9.17, 15) is 5.11 Å². The molecule has 0 spiro atoms. The number of ether oxygens (including phenoxy) is 1. The summed E-state index contributed by atoms with van der Waals surface area (Å²) in [6.07, 6.45) is 2.24. The molecule has 1 fully saturated rings. The van der Waals surface area contributed by atoms with Gasteiger partial charge in [0.1, 0.15) is 11.5 Å². The standard InChI is InChI=1S/C16H20N2O3/c1-11-8-13(17-21-11)14-4-3-7-18(14)10-12-5-6-16(20-2)15(19)9-12/h5-6,8-9,14,19H,3-4,7,10H2,1-2H3/t14-/m0/s1. The van der Waals surface area contributed by atoms with E-state index in [1.165, 1.54) is 0 Å². The van der Waals surface area contributed by atoms with Crippen molar-refractivity contribution in [3.63, 3.8) is 0 Å². The highest BCUT2D eigenvalue weighted by molar-refractivity contribution is 5.41. The second-order valence-electron chi connectivity index (χ2n) is 5.50. The number of hydrogen-bond acceptors (Lipinski definition) is 5. The summed E-state index contributed by atoms with van der Waals surface area (Å²) in [5, 5.41) is 14.0. The second kappa shape index (κ2) is 5.77. The van der Waals surface area contributed by atoms with Crippen LogP contribution in [0.25, 0.3) is 0 Å². The van der Waals surface area contributed by atoms with Crippen LogP contribution in [0.5, 0.6) is 11.5 Å². The summed E-state index contributed by atoms with van der Waals surface area (Å²) < 4.78 is 10.3. The van der Waals surface area contributed by atoms with Crippen LogP contribution in [0.3, 0.4) is 0 Å². The second-order valence-corrected chi connectivity index (χ2v) is 5.50. The average molecular weight is 288 g/mol. The van der Waals surface area contributed by atoms with E-state index in [1.54, 1.807) is 19.2 Å². The van der Waals surface area contributed by atoms with Gasteiger partial charge in [-0.1, -0.05) is 11.2 Å². The van der Waals surface area contributed by atoms with E-state index >= 15 is 0 Å². The number of methoxy groups -OCH3 is 1. The van der Waals surface area contributed by atoms with Gasteiger partial charge in [0, 0.05) is 12.6 Å². The first-order valence-corrected chi connectivity index (χ1v) is 7.20. The van der Waals surface area contributed by atoms with Gasteiger partial charge >= 0.3 is 0 Å². The molecule has 0 aliphatic carbocycles. The first-order chi connectivity index (χ1) is 10.2. The number of aromatic hydroxyl groups is 1. The molecule has 3 rings (SSSR count). The summed E-state index contributed by atoms with van der Waals surface area (Å²) in [4.78, 5) is 2.37. The fourth-order valence-corrected chi connectivity index (χ4v) is 2.96. The number of rotatable bonds is 4. The molecular formula is C16H20N2O3. The molecule has 1 atom stereocenters. The molecule has 5 nitrogen and oxygen atoms in total. The molecule has 0 unspecified atom stereocenters. The first kappa shape index (κ1) is 13.9. The topological polar surface area (TPSA) is 58.7 Å². The van der Waals surface area contributed by atoms with Gasteiger partial charge < -0.3 is 14.4 Å². The number of benzene rings is 1. The van der Waals surface area contributed by atoms with Crippen LogP contribution >= 0.6 is 0 Å². The molecular weight excluding hydrogens is 268 g/mol. The number of nitrogens with zero attached hydrogens (tertiary/aromatic N) is 2. The van der Waals surface area contributed by atoms with Gasteiger partial charge in [-0.25, -0.2) is 0 Å². The van der Waals surface area contributed by atoms with E-state index < -0.39 is 0 Å². The SMILES string of the molecule is COc1ccc(CN2CCC[C@H]2c2cc(C)on2)cc1O. The molecule has 1 aromatic carbocycles. The fraction of sp³-hybridized carbons (Fsp3) is 0.438. The third-order valence-corrected chi connectivity index (χ3v) is 3.98. The maximum Gasteiger partial charge on any atom is 0.160 e. The van der Waals surface area contributed by atoms with Gasteiger partial charge in [0.05, 0.1) is 13.2 Å². The molecule has 112 valence electrons. The lowest BCUT2D eigenvalue weighted by Gasteiger charge is -2.22. The van der Waals surface area contributed by atoms with Crippen molar-refractivity contribution < 1.29 is 14.4 Å². The predicted octanol–water partition coefficient (Wildman–Crippen LogP) is 3.03. The fourth-order valence-electron chi connectivity index (χ4n) is 2.96. The molecule has 0 saturated carbocycles. The summed E-state index contributed by atoms with van der Waals surface area (Å²) in [7, 11) is 1.55. The highest BCUT2D eigenvalue weighted by Gasteiger charge is 2.28. The van der Waals surface area contributed by atoms with Crippen molar-refractivity contribution in [1.82, 2.24) is 10.1 Å². The Kier molecular flexibility index (Phi) is 3.84. The van der Waals surface area contributed by atoms with E-state index in [4.69, 9.17) is 9.26 Å². The molecule has 2 aromatic rings. The number of hydrogen-bond donors (Lipinski definition) is 1. The van der Waals surface area contributed by atoms with Crippen LogP contribution in [0.1, 0.15) is 35.9 Å². The van der Waals surface area contributed by atoms with Crippen LogP contribution in [-0.2, 0) is 6.54 Å². The van der Waals surface area contributed by atoms with Crippen LogP contribution in [-0.4, -0.2) is 28.8 Å². The minimum absolute atomic E-state index is 0.183. The van der Waals surface area contributed by atoms with E-state index in [0.29, 0.717) is 11.8 Å². The van der Waals surface area contributed by atoms with Crippen LogP contribution in [0.2, 0.25) is 0 Å². The minimum atomic E-state index is 0.183. The van der Waals surface area contributed by atoms with Gasteiger partial charge in [-0.15, -0.1) is 0 Å². The van der Waals surface area contributed by atoms with Crippen molar-refractivity contribution in [2.24, 2.45) is 0 Å². The van der Waals surface area contributed by atoms with Gasteiger partial charge in [-0.05, 0) is 44.0 Å². The van der Waals surface area contributed by atoms with Crippen molar-refractivity contribution in [3.05, 3.63) is 41.3 Å². The quantitative estimate of drug-likeness (QED) is 0.937. The number of likely N-dealkylation sites (tertiary alicyclic amines) is 1. The molecule has 21 heavy (non-hydrogen) atoms. The first-order valence-electron chi connectivity index (χ1n) is 7.20. The van der Waals surface area contributed by atoms with Crippen LogP contribution in [0.15, 0.2) is 28.8 Å². The zero-order valence-corrected chi connectivity index (χ0v) is 12.4. The van der Waals surface area contributed by atoms with Gasteiger partial charge in [-0.2, -0.15) is 0 Å². The maximum atomic E-state index is 9.88. The molecule has 1 aromatic heterocycles. The Labute approximate surface area is 124 Å². The van der Waals surface area contributed by atoms with Crippen molar-refractivity contribution in [3.8, 4) is 11.5 Å². The number of aromatic nitrogens is 1. The van der Waals surface area contributed by atoms with Crippen LogP contribution in [0, 0.1) is 6.92 Å². The lowest BCUT2D eigenvalue weighted by molar-refractivity contribution is 0.236. The van der Waals surface area contributed by atoms with Gasteiger partial charge in [0.25, 0.3) is 0 Å². The molecule has 0 bridgehead atoms. The maximum absolute atomic E-state index is 9.88. The summed E-state index contributed by atoms with van der Waals surface area (Å²) in [5.74, 6) is 1.53. The Hall–Kier alpha value is -2.01. The van der Waals surface area contributed by atoms with Crippen LogP contribution in [0.4, 0.5) is 0 Å². The lowest BCUT2D eigenvalue weighted by Crippen LogP contribution is -2.22. The molecule has 1 aliphatic rings. The average Bonchev–Trinajstić information content (AvgIpc) is 3.08. The van der Waals surface area contributed by atoms with Crippen molar-refractivity contribution in [2.45, 2.75) is 32.4 Å². The molecule has 2 heterocycles. The van der Waals surface area contributed by atoms with Crippen molar-refractivity contribution >= 4 is 0 Å². The Balaban J connectivity index is 1.75. The van der Waals surface area contributed by atoms with E-state index in [-0.39, 0.29) is 5.75 Å². The minimum Gasteiger partial charge on any atom is -0.504 e. The molecule has 1 aliphatic heterocycles. The molecule has 0 radical (unpaired) electrons. The van der Waals surface area contributed by atoms with E-state index in [2.05, 4.69) is 10.1 Å². The van der Waals surface area contributed by atoms with Crippen molar-refractivity contribution in [2.75, 3.05) is 13.7 Å². The van der Waals surface area contributed by atoms with E-state index in [0.717, 1.165) is 42.9 Å². The van der Waals surface area contributed by atoms with Gasteiger partial charge in [0.15, 0.2) is 11.5 Å². The highest BCUT2D eigenvalue weighted by atomic mass is 16.5. The Morgan fingerprint density at radius 2 is 2.29 bits per heavy atom. The molecule has 1 N–H and O–H groups in total. The molecule has 0 amide bonds. The summed E-state index contributed by atoms with van der Waals surface area (Å²) in [6.45, 7) is 3.73. The third-order valence-electron chi connectivity index (χ3n) is 3.98. The molecule has 1 saturated heterocycles. The number of aryl methyl sites for hydroxylation is 1. The van der Waals surface area contributed by atoms with Gasteiger partial charge in [-0.3, -0.25) is 4.90 Å². The molecule has 5 heteroatoms. The van der Waals surface area contributed by atoms with Gasteiger partial charge in [0.2, 0.25) is 0 Å². The monoisotopic (exact) mass is 288 g/mol. The highest BCUT2D eigenvalue weighted by Crippen LogP contribution is 2.34. The summed E-state index contributed by atoms with van der Waals surface area (Å²) >= 11 is 0. The normalized spacial score (nSPS) is 19.0. The van der Waals surface area contributed by atoms with Crippen LogP contribution < -0.4 is 4.74 Å². The Morgan fingerprint density at radius 1 is 1.43 bits per heavy atom. The number of phenolic OH excluding ortho intramolecular Hbond substituents is 1. The zero-order valence-electron chi connectivity index (χ0n) is 12.4. The Morgan fingerprint density at radius 3 is 2.95 bits per heavy atom. The third kappa shape index (κ3) is 2.88. The Bertz CT molecular complexity index is 624. The summed E-state index contributed by atoms with van der Waals surface area (Å²) in [5.41, 5.74) is 2.07. The lowest BCUT2D eigenvalue weighted by atomic mass is 10.1. The number of phenols is 1. The largest absolute Gasteiger partial charge is 0.504 e.